The summed E-state index contributed by atoms with van der Waals surface area (Å²) >= 11 is 1.10. The summed E-state index contributed by atoms with van der Waals surface area (Å²) in [6, 6.07) is 0. The maximum absolute atomic E-state index is 10.1. The van der Waals surface area contributed by atoms with Gasteiger partial charge in [-0.2, -0.15) is 8.42 Å². The zero-order valence-corrected chi connectivity index (χ0v) is 7.32. The molecule has 0 aliphatic carbocycles. The van der Waals surface area contributed by atoms with Crippen LogP contribution in [0, 0.1) is 0 Å². The fourth-order valence-electron chi connectivity index (χ4n) is 0.406. The van der Waals surface area contributed by atoms with E-state index in [0.29, 0.717) is 18.6 Å². The third-order valence-electron chi connectivity index (χ3n) is 0.780. The smallest absolute Gasteiger partial charge is 0.264 e. The van der Waals surface area contributed by atoms with Crippen LogP contribution in [0.3, 0.4) is 0 Å². The molecule has 66 valence electrons. The van der Waals surface area contributed by atoms with Gasteiger partial charge < -0.3 is 4.72 Å². The number of carbonyl (C=O) groups is 1. The van der Waals surface area contributed by atoms with Gasteiger partial charge in [-0.25, -0.2) is 0 Å². The van der Waals surface area contributed by atoms with E-state index in [2.05, 4.69) is 4.72 Å². The quantitative estimate of drug-likeness (QED) is 0.264. The first-order valence-corrected chi connectivity index (χ1v) is 5.42. The molecule has 1 amide bonds. The molecular weight excluding hydrogens is 190 g/mol. The van der Waals surface area contributed by atoms with Gasteiger partial charge in [0.15, 0.2) is 0 Å². The topological polar surface area (TPSA) is 83.5 Å². The van der Waals surface area contributed by atoms with Crippen molar-refractivity contribution in [2.45, 2.75) is 6.42 Å². The summed E-state index contributed by atoms with van der Waals surface area (Å²) in [7, 11) is -3.84. The molecule has 0 saturated carbocycles. The van der Waals surface area contributed by atoms with E-state index >= 15 is 0 Å². The zero-order chi connectivity index (χ0) is 8.74. The summed E-state index contributed by atoms with van der Waals surface area (Å²) in [6.45, 7) is 0. The Hall–Kier alpha value is -0.270. The van der Waals surface area contributed by atoms with E-state index in [1.165, 1.54) is 0 Å². The minimum absolute atomic E-state index is 0.263. The molecule has 0 aliphatic heterocycles. The van der Waals surface area contributed by atoms with Gasteiger partial charge in [-0.05, 0) is 6.42 Å². The third-order valence-corrected chi connectivity index (χ3v) is 2.34. The predicted octanol–water partition coefficient (Wildman–Crippen LogP) is -0.341. The van der Waals surface area contributed by atoms with Crippen LogP contribution in [0.5, 0.6) is 0 Å². The van der Waals surface area contributed by atoms with Crippen molar-refractivity contribution in [3.05, 3.63) is 0 Å². The average molecular weight is 199 g/mol. The molecule has 0 radical (unpaired) electrons. The second-order valence-electron chi connectivity index (χ2n) is 1.72. The first kappa shape index (κ1) is 10.7. The minimum Gasteiger partial charge on any atom is -0.303 e. The normalized spacial score (nSPS) is 11.0. The SMILES string of the molecule is O=CNSCCCS(=O)(=O)O. The van der Waals surface area contributed by atoms with Crippen LogP contribution < -0.4 is 4.72 Å². The standard InChI is InChI=1S/C4H9NO4S2/c6-4-5-10-2-1-3-11(7,8)9/h4H,1-3H2,(H,5,6)(H,7,8,9). The Bertz CT molecular complexity index is 200. The monoisotopic (exact) mass is 199 g/mol. The van der Waals surface area contributed by atoms with Crippen molar-refractivity contribution in [1.29, 1.82) is 0 Å². The van der Waals surface area contributed by atoms with Gasteiger partial charge in [0.25, 0.3) is 10.1 Å². The van der Waals surface area contributed by atoms with E-state index in [1.54, 1.807) is 0 Å². The van der Waals surface area contributed by atoms with E-state index < -0.39 is 10.1 Å². The summed E-state index contributed by atoms with van der Waals surface area (Å²) in [4.78, 5) is 9.67. The highest BCUT2D eigenvalue weighted by atomic mass is 32.2. The second kappa shape index (κ2) is 5.39. The fraction of sp³-hybridized carbons (Fsp3) is 0.750. The van der Waals surface area contributed by atoms with Crippen LogP contribution in [0.25, 0.3) is 0 Å². The van der Waals surface area contributed by atoms with E-state index in [-0.39, 0.29) is 5.75 Å². The van der Waals surface area contributed by atoms with Gasteiger partial charge in [0, 0.05) is 5.75 Å². The van der Waals surface area contributed by atoms with Crippen molar-refractivity contribution in [3.63, 3.8) is 0 Å². The molecule has 5 nitrogen and oxygen atoms in total. The fourth-order valence-corrected chi connectivity index (χ4v) is 1.57. The van der Waals surface area contributed by atoms with Crippen LogP contribution in [-0.4, -0.2) is 30.9 Å². The van der Waals surface area contributed by atoms with E-state index in [0.717, 1.165) is 11.9 Å². The van der Waals surface area contributed by atoms with Crippen LogP contribution in [0.15, 0.2) is 0 Å². The van der Waals surface area contributed by atoms with E-state index in [4.69, 9.17) is 4.55 Å². The molecule has 0 aromatic rings. The Balaban J connectivity index is 3.22. The Labute approximate surface area is 69.4 Å². The van der Waals surface area contributed by atoms with Crippen LogP contribution in [-0.2, 0) is 14.9 Å². The number of rotatable bonds is 6. The van der Waals surface area contributed by atoms with Gasteiger partial charge in [-0.1, -0.05) is 11.9 Å². The molecule has 0 aromatic carbocycles. The Morgan fingerprint density at radius 2 is 2.18 bits per heavy atom. The van der Waals surface area contributed by atoms with E-state index in [9.17, 15) is 13.2 Å². The van der Waals surface area contributed by atoms with Crippen molar-refractivity contribution in [2.75, 3.05) is 11.5 Å². The molecule has 0 bridgehead atoms. The van der Waals surface area contributed by atoms with Crippen LogP contribution in [0.4, 0.5) is 0 Å². The minimum atomic E-state index is -3.84. The number of hydrogen-bond donors (Lipinski definition) is 2. The molecule has 2 N–H and O–H groups in total. The summed E-state index contributed by atoms with van der Waals surface area (Å²) < 4.78 is 30.8. The lowest BCUT2D eigenvalue weighted by molar-refractivity contribution is -0.107. The Kier molecular flexibility index (Phi) is 5.26. The lowest BCUT2D eigenvalue weighted by Gasteiger charge is -1.96. The number of carbonyl (C=O) groups excluding carboxylic acids is 1. The molecule has 7 heteroatoms. The highest BCUT2D eigenvalue weighted by Crippen LogP contribution is 1.97. The molecular formula is C4H9NO4S2. The van der Waals surface area contributed by atoms with Gasteiger partial charge in [0.05, 0.1) is 5.75 Å². The van der Waals surface area contributed by atoms with Gasteiger partial charge in [-0.15, -0.1) is 0 Å². The zero-order valence-electron chi connectivity index (χ0n) is 5.69. The molecule has 0 unspecified atom stereocenters. The van der Waals surface area contributed by atoms with Crippen molar-refractivity contribution in [2.24, 2.45) is 0 Å². The van der Waals surface area contributed by atoms with Crippen molar-refractivity contribution in [1.82, 2.24) is 4.72 Å². The second-order valence-corrected chi connectivity index (χ2v) is 4.23. The molecule has 0 rings (SSSR count). The molecule has 0 fully saturated rings. The highest BCUT2D eigenvalue weighted by molar-refractivity contribution is 7.97. The molecule has 0 heterocycles. The lowest BCUT2D eigenvalue weighted by Crippen LogP contribution is -2.06. The first-order valence-electron chi connectivity index (χ1n) is 2.82. The van der Waals surface area contributed by atoms with Gasteiger partial charge >= 0.3 is 0 Å². The highest BCUT2D eigenvalue weighted by Gasteiger charge is 2.02. The molecule has 11 heavy (non-hydrogen) atoms. The van der Waals surface area contributed by atoms with Crippen LogP contribution >= 0.6 is 11.9 Å². The number of amides is 1. The van der Waals surface area contributed by atoms with Gasteiger partial charge in [0.2, 0.25) is 6.41 Å². The number of nitrogens with one attached hydrogen (secondary N) is 1. The van der Waals surface area contributed by atoms with Crippen molar-refractivity contribution in [3.8, 4) is 0 Å². The van der Waals surface area contributed by atoms with Crippen LogP contribution in [0.2, 0.25) is 0 Å². The summed E-state index contributed by atoms with van der Waals surface area (Å²) in [5, 5.41) is 0. The Morgan fingerprint density at radius 3 is 2.64 bits per heavy atom. The molecule has 0 spiro atoms. The summed E-state index contributed by atoms with van der Waals surface area (Å²) in [6.07, 6.45) is 0.836. The predicted molar refractivity (Wildman–Crippen MR) is 42.7 cm³/mol. The number of hydrogen-bond acceptors (Lipinski definition) is 4. The van der Waals surface area contributed by atoms with Crippen LogP contribution in [0.1, 0.15) is 6.42 Å². The largest absolute Gasteiger partial charge is 0.303 e. The molecule has 0 aliphatic rings. The summed E-state index contributed by atoms with van der Waals surface area (Å²) in [5.41, 5.74) is 0. The van der Waals surface area contributed by atoms with Crippen molar-refractivity contribution < 1.29 is 17.8 Å². The molecule has 0 aromatic heterocycles. The molecule has 0 saturated heterocycles. The Morgan fingerprint density at radius 1 is 1.55 bits per heavy atom. The van der Waals surface area contributed by atoms with Gasteiger partial charge in [-0.3, -0.25) is 9.35 Å². The summed E-state index contributed by atoms with van der Waals surface area (Å²) in [5.74, 6) is 0.207. The third kappa shape index (κ3) is 9.73. The first-order chi connectivity index (χ1) is 5.06. The molecule has 0 atom stereocenters. The maximum atomic E-state index is 10.1. The lowest BCUT2D eigenvalue weighted by atomic mass is 10.6. The van der Waals surface area contributed by atoms with Crippen molar-refractivity contribution >= 4 is 28.5 Å². The van der Waals surface area contributed by atoms with E-state index in [1.807, 2.05) is 0 Å². The maximum Gasteiger partial charge on any atom is 0.264 e. The average Bonchev–Trinajstić information content (AvgIpc) is 1.85. The van der Waals surface area contributed by atoms with Gasteiger partial charge in [0.1, 0.15) is 0 Å².